The maximum atomic E-state index is 5.30. The van der Waals surface area contributed by atoms with Crippen molar-refractivity contribution in [3.8, 4) is 0 Å². The van der Waals surface area contributed by atoms with Gasteiger partial charge in [0.15, 0.2) is 0 Å². The first-order valence-electron chi connectivity index (χ1n) is 4.76. The third-order valence-electron chi connectivity index (χ3n) is 2.26. The number of hydrogen-bond acceptors (Lipinski definition) is 3. The number of rotatable bonds is 2. The van der Waals surface area contributed by atoms with Crippen molar-refractivity contribution in [1.29, 1.82) is 0 Å². The van der Waals surface area contributed by atoms with Crippen molar-refractivity contribution in [3.05, 3.63) is 27.6 Å². The lowest BCUT2D eigenvalue weighted by atomic mass is 10.3. The molecule has 2 rings (SSSR count). The van der Waals surface area contributed by atoms with Crippen LogP contribution in [0.25, 0.3) is 0 Å². The summed E-state index contributed by atoms with van der Waals surface area (Å²) < 4.78 is 6.36. The molecule has 0 bridgehead atoms. The van der Waals surface area contributed by atoms with Crippen LogP contribution in [0.2, 0.25) is 0 Å². The molecular formula is C10H13IN2O. The summed E-state index contributed by atoms with van der Waals surface area (Å²) >= 11 is 2.25. The second-order valence-electron chi connectivity index (χ2n) is 3.34. The lowest BCUT2D eigenvalue weighted by Gasteiger charge is -2.26. The summed E-state index contributed by atoms with van der Waals surface area (Å²) in [5.74, 6) is 0. The fourth-order valence-corrected chi connectivity index (χ4v) is 2.04. The molecule has 0 unspecified atom stereocenters. The maximum absolute atomic E-state index is 5.30. The second kappa shape index (κ2) is 5.04. The summed E-state index contributed by atoms with van der Waals surface area (Å²) in [6, 6.07) is 6.16. The van der Waals surface area contributed by atoms with E-state index in [0.29, 0.717) is 0 Å². The number of halogens is 1. The van der Waals surface area contributed by atoms with E-state index in [2.05, 4.69) is 44.6 Å². The lowest BCUT2D eigenvalue weighted by molar-refractivity contribution is 0.0336. The first-order valence-corrected chi connectivity index (χ1v) is 5.84. The van der Waals surface area contributed by atoms with Crippen molar-refractivity contribution in [3.63, 3.8) is 0 Å². The van der Waals surface area contributed by atoms with Crippen LogP contribution >= 0.6 is 22.6 Å². The lowest BCUT2D eigenvalue weighted by Crippen LogP contribution is -2.35. The zero-order chi connectivity index (χ0) is 9.80. The minimum atomic E-state index is 0.851. The standard InChI is InChI=1S/C10H13IN2O/c11-10-3-1-2-9(12-10)8-13-4-6-14-7-5-13/h1-3H,4-8H2. The van der Waals surface area contributed by atoms with E-state index in [0.717, 1.165) is 42.2 Å². The molecule has 1 fully saturated rings. The highest BCUT2D eigenvalue weighted by molar-refractivity contribution is 14.1. The monoisotopic (exact) mass is 304 g/mol. The summed E-state index contributed by atoms with van der Waals surface area (Å²) in [6.07, 6.45) is 0. The van der Waals surface area contributed by atoms with Gasteiger partial charge in [-0.3, -0.25) is 4.90 Å². The van der Waals surface area contributed by atoms with Gasteiger partial charge < -0.3 is 4.74 Å². The zero-order valence-corrected chi connectivity index (χ0v) is 10.1. The first kappa shape index (κ1) is 10.3. The molecule has 0 aliphatic carbocycles. The highest BCUT2D eigenvalue weighted by atomic mass is 127. The van der Waals surface area contributed by atoms with Crippen molar-refractivity contribution in [2.75, 3.05) is 26.3 Å². The van der Waals surface area contributed by atoms with Crippen molar-refractivity contribution in [2.24, 2.45) is 0 Å². The number of aromatic nitrogens is 1. The molecule has 2 heterocycles. The summed E-state index contributed by atoms with van der Waals surface area (Å²) in [6.45, 7) is 4.69. The molecule has 1 aromatic rings. The van der Waals surface area contributed by atoms with Crippen LogP contribution in [-0.2, 0) is 11.3 Å². The van der Waals surface area contributed by atoms with Gasteiger partial charge in [-0.15, -0.1) is 0 Å². The van der Waals surface area contributed by atoms with Gasteiger partial charge in [0.1, 0.15) is 3.70 Å². The second-order valence-corrected chi connectivity index (χ2v) is 4.45. The van der Waals surface area contributed by atoms with Gasteiger partial charge in [0.05, 0.1) is 18.9 Å². The molecule has 76 valence electrons. The summed E-state index contributed by atoms with van der Waals surface area (Å²) in [5.41, 5.74) is 1.15. The van der Waals surface area contributed by atoms with Crippen LogP contribution in [0.4, 0.5) is 0 Å². The van der Waals surface area contributed by atoms with Crippen molar-refractivity contribution in [1.82, 2.24) is 9.88 Å². The van der Waals surface area contributed by atoms with E-state index in [1.54, 1.807) is 0 Å². The van der Waals surface area contributed by atoms with E-state index >= 15 is 0 Å². The fourth-order valence-electron chi connectivity index (χ4n) is 1.53. The molecule has 1 saturated heterocycles. The Bertz CT molecular complexity index is 300. The van der Waals surface area contributed by atoms with Gasteiger partial charge in [-0.1, -0.05) is 6.07 Å². The molecule has 1 aliphatic heterocycles. The molecule has 0 atom stereocenters. The molecule has 3 nitrogen and oxygen atoms in total. The Hall–Kier alpha value is -0.200. The van der Waals surface area contributed by atoms with Gasteiger partial charge in [0.25, 0.3) is 0 Å². The minimum absolute atomic E-state index is 0.851. The van der Waals surface area contributed by atoms with Crippen LogP contribution in [0.3, 0.4) is 0 Å². The van der Waals surface area contributed by atoms with Crippen LogP contribution in [0, 0.1) is 3.70 Å². The van der Waals surface area contributed by atoms with E-state index in [1.807, 2.05) is 6.07 Å². The quantitative estimate of drug-likeness (QED) is 0.612. The third kappa shape index (κ3) is 2.90. The average molecular weight is 304 g/mol. The van der Waals surface area contributed by atoms with Gasteiger partial charge in [-0.2, -0.15) is 0 Å². The molecule has 1 aromatic heterocycles. The number of hydrogen-bond donors (Lipinski definition) is 0. The molecule has 14 heavy (non-hydrogen) atoms. The Morgan fingerprint density at radius 1 is 1.36 bits per heavy atom. The zero-order valence-electron chi connectivity index (χ0n) is 7.95. The van der Waals surface area contributed by atoms with Crippen LogP contribution in [0.15, 0.2) is 18.2 Å². The van der Waals surface area contributed by atoms with Crippen molar-refractivity contribution in [2.45, 2.75) is 6.54 Å². The Balaban J connectivity index is 1.95. The van der Waals surface area contributed by atoms with Crippen LogP contribution < -0.4 is 0 Å². The predicted octanol–water partition coefficient (Wildman–Crippen LogP) is 1.52. The van der Waals surface area contributed by atoms with E-state index in [1.165, 1.54) is 0 Å². The first-order chi connectivity index (χ1) is 6.84. The SMILES string of the molecule is Ic1cccc(CN2CCOCC2)n1. The smallest absolute Gasteiger partial charge is 0.101 e. The molecule has 0 saturated carbocycles. The molecule has 1 aliphatic rings. The van der Waals surface area contributed by atoms with Gasteiger partial charge in [0, 0.05) is 19.6 Å². The summed E-state index contributed by atoms with van der Waals surface area (Å²) in [7, 11) is 0. The van der Waals surface area contributed by atoms with Gasteiger partial charge in [-0.05, 0) is 34.7 Å². The number of pyridine rings is 1. The van der Waals surface area contributed by atoms with Crippen LogP contribution in [0.5, 0.6) is 0 Å². The number of nitrogens with zero attached hydrogens (tertiary/aromatic N) is 2. The number of morpholine rings is 1. The van der Waals surface area contributed by atoms with Gasteiger partial charge in [-0.25, -0.2) is 4.98 Å². The third-order valence-corrected chi connectivity index (χ3v) is 2.86. The molecule has 0 aromatic carbocycles. The average Bonchev–Trinajstić information content (AvgIpc) is 2.19. The van der Waals surface area contributed by atoms with Crippen LogP contribution in [-0.4, -0.2) is 36.2 Å². The van der Waals surface area contributed by atoms with Gasteiger partial charge >= 0.3 is 0 Å². The molecular weight excluding hydrogens is 291 g/mol. The van der Waals surface area contributed by atoms with E-state index in [4.69, 9.17) is 4.74 Å². The molecule has 0 amide bonds. The Morgan fingerprint density at radius 2 is 2.14 bits per heavy atom. The number of ether oxygens (including phenoxy) is 1. The summed E-state index contributed by atoms with van der Waals surface area (Å²) in [4.78, 5) is 6.85. The molecule has 4 heteroatoms. The molecule has 0 N–H and O–H groups in total. The van der Waals surface area contributed by atoms with Gasteiger partial charge in [0.2, 0.25) is 0 Å². The van der Waals surface area contributed by atoms with E-state index in [-0.39, 0.29) is 0 Å². The normalized spacial score (nSPS) is 18.4. The molecule has 0 spiro atoms. The molecule has 0 radical (unpaired) electrons. The Labute approximate surface area is 97.6 Å². The fraction of sp³-hybridized carbons (Fsp3) is 0.500. The topological polar surface area (TPSA) is 25.4 Å². The van der Waals surface area contributed by atoms with E-state index < -0.39 is 0 Å². The van der Waals surface area contributed by atoms with E-state index in [9.17, 15) is 0 Å². The highest BCUT2D eigenvalue weighted by Crippen LogP contribution is 2.07. The van der Waals surface area contributed by atoms with Crippen molar-refractivity contribution >= 4 is 22.6 Å². The summed E-state index contributed by atoms with van der Waals surface area (Å²) in [5, 5.41) is 0. The Kier molecular flexibility index (Phi) is 3.72. The van der Waals surface area contributed by atoms with Crippen LogP contribution in [0.1, 0.15) is 5.69 Å². The Morgan fingerprint density at radius 3 is 2.86 bits per heavy atom. The highest BCUT2D eigenvalue weighted by Gasteiger charge is 2.10. The van der Waals surface area contributed by atoms with Crippen molar-refractivity contribution < 1.29 is 4.74 Å². The minimum Gasteiger partial charge on any atom is -0.379 e. The maximum Gasteiger partial charge on any atom is 0.101 e. The predicted molar refractivity (Wildman–Crippen MR) is 63.1 cm³/mol. The largest absolute Gasteiger partial charge is 0.379 e.